The van der Waals surface area contributed by atoms with Crippen LogP contribution < -0.4 is 14.8 Å². The van der Waals surface area contributed by atoms with Crippen LogP contribution in [0.1, 0.15) is 24.2 Å². The number of aromatic hydroxyl groups is 1. The summed E-state index contributed by atoms with van der Waals surface area (Å²) in [5, 5.41) is 12.2. The van der Waals surface area contributed by atoms with E-state index in [1.165, 1.54) is 25.3 Å². The average Bonchev–Trinajstić information content (AvgIpc) is 2.33. The summed E-state index contributed by atoms with van der Waals surface area (Å²) in [6.07, 6.45) is 1.05. The van der Waals surface area contributed by atoms with Crippen LogP contribution in [0.5, 0.6) is 11.5 Å². The second-order valence-corrected chi connectivity index (χ2v) is 7.08. The topological polar surface area (TPSA) is 105 Å². The number of carbonyl (C=O) groups is 1. The average molecular weight is 316 g/mol. The van der Waals surface area contributed by atoms with Crippen LogP contribution in [0.2, 0.25) is 0 Å². The van der Waals surface area contributed by atoms with Crippen molar-refractivity contribution in [1.29, 1.82) is 0 Å². The molecule has 1 amide bonds. The Labute approximate surface area is 124 Å². The summed E-state index contributed by atoms with van der Waals surface area (Å²) >= 11 is 0. The molecule has 0 atom stereocenters. The molecule has 0 unspecified atom stereocenters. The molecule has 0 fully saturated rings. The normalized spacial score (nSPS) is 12.0. The standard InChI is InChI=1S/C13H20N2O5S/c1-13(2,15-21(4,18)19)8-14-12(17)9-5-6-11(20-3)10(16)7-9/h5-7,15-16H,8H2,1-4H3,(H,14,17). The molecule has 0 bridgehead atoms. The third-order valence-corrected chi connectivity index (χ3v) is 3.52. The first-order valence-corrected chi connectivity index (χ1v) is 8.07. The molecule has 0 saturated heterocycles. The van der Waals surface area contributed by atoms with Gasteiger partial charge in [0, 0.05) is 17.6 Å². The van der Waals surface area contributed by atoms with Gasteiger partial charge in [0.2, 0.25) is 10.0 Å². The predicted octanol–water partition coefficient (Wildman–Crippen LogP) is 0.458. The van der Waals surface area contributed by atoms with Gasteiger partial charge in [-0.05, 0) is 32.0 Å². The second kappa shape index (κ2) is 6.31. The monoisotopic (exact) mass is 316 g/mol. The molecular weight excluding hydrogens is 296 g/mol. The fourth-order valence-electron chi connectivity index (χ4n) is 1.77. The SMILES string of the molecule is COc1ccc(C(=O)NCC(C)(C)NS(C)(=O)=O)cc1O. The Morgan fingerprint density at radius 2 is 2.00 bits per heavy atom. The largest absolute Gasteiger partial charge is 0.504 e. The Hall–Kier alpha value is -1.80. The molecule has 0 spiro atoms. The van der Waals surface area contributed by atoms with Gasteiger partial charge in [-0.15, -0.1) is 0 Å². The maximum absolute atomic E-state index is 12.0. The van der Waals surface area contributed by atoms with Crippen molar-refractivity contribution in [2.45, 2.75) is 19.4 Å². The summed E-state index contributed by atoms with van der Waals surface area (Å²) < 4.78 is 29.7. The zero-order valence-electron chi connectivity index (χ0n) is 12.4. The van der Waals surface area contributed by atoms with Gasteiger partial charge in [-0.2, -0.15) is 0 Å². The zero-order valence-corrected chi connectivity index (χ0v) is 13.2. The van der Waals surface area contributed by atoms with Gasteiger partial charge in [0.25, 0.3) is 5.91 Å². The van der Waals surface area contributed by atoms with Crippen LogP contribution in [0.4, 0.5) is 0 Å². The van der Waals surface area contributed by atoms with Crippen molar-refractivity contribution in [3.8, 4) is 11.5 Å². The lowest BCUT2D eigenvalue weighted by Crippen LogP contribution is -2.51. The number of ether oxygens (including phenoxy) is 1. The van der Waals surface area contributed by atoms with Crippen LogP contribution in [0.3, 0.4) is 0 Å². The molecule has 7 nitrogen and oxygen atoms in total. The number of benzene rings is 1. The van der Waals surface area contributed by atoms with Crippen LogP contribution in [-0.2, 0) is 10.0 Å². The van der Waals surface area contributed by atoms with Crippen LogP contribution in [0.15, 0.2) is 18.2 Å². The molecule has 21 heavy (non-hydrogen) atoms. The van der Waals surface area contributed by atoms with E-state index in [4.69, 9.17) is 4.74 Å². The number of phenolic OH excluding ortho intramolecular Hbond substituents is 1. The van der Waals surface area contributed by atoms with Crippen molar-refractivity contribution in [2.24, 2.45) is 0 Å². The molecule has 0 aliphatic heterocycles. The van der Waals surface area contributed by atoms with E-state index in [1.54, 1.807) is 13.8 Å². The van der Waals surface area contributed by atoms with E-state index in [0.29, 0.717) is 0 Å². The highest BCUT2D eigenvalue weighted by Crippen LogP contribution is 2.26. The molecule has 1 aromatic rings. The van der Waals surface area contributed by atoms with E-state index in [-0.39, 0.29) is 23.6 Å². The summed E-state index contributed by atoms with van der Waals surface area (Å²) in [5.74, 6) is -0.291. The Balaban J connectivity index is 2.72. The Bertz CT molecular complexity index is 625. The van der Waals surface area contributed by atoms with E-state index >= 15 is 0 Å². The van der Waals surface area contributed by atoms with Crippen LogP contribution in [0, 0.1) is 0 Å². The molecule has 0 heterocycles. The zero-order chi connectivity index (χ0) is 16.3. The summed E-state index contributed by atoms with van der Waals surface area (Å²) in [7, 11) is -1.96. The minimum atomic E-state index is -3.37. The maximum Gasteiger partial charge on any atom is 0.251 e. The quantitative estimate of drug-likeness (QED) is 0.707. The van der Waals surface area contributed by atoms with Gasteiger partial charge in [-0.3, -0.25) is 4.79 Å². The van der Waals surface area contributed by atoms with Gasteiger partial charge in [0.1, 0.15) is 0 Å². The Morgan fingerprint density at radius 1 is 1.38 bits per heavy atom. The highest BCUT2D eigenvalue weighted by Gasteiger charge is 2.23. The molecule has 1 rings (SSSR count). The summed E-state index contributed by atoms with van der Waals surface area (Å²) in [5.41, 5.74) is -0.568. The molecule has 8 heteroatoms. The number of carbonyl (C=O) groups excluding carboxylic acids is 1. The molecule has 118 valence electrons. The molecule has 0 radical (unpaired) electrons. The van der Waals surface area contributed by atoms with E-state index in [2.05, 4.69) is 10.0 Å². The summed E-state index contributed by atoms with van der Waals surface area (Å²) in [6.45, 7) is 3.41. The summed E-state index contributed by atoms with van der Waals surface area (Å²) in [6, 6.07) is 4.26. The van der Waals surface area contributed by atoms with E-state index in [9.17, 15) is 18.3 Å². The smallest absolute Gasteiger partial charge is 0.251 e. The van der Waals surface area contributed by atoms with Crippen molar-refractivity contribution in [1.82, 2.24) is 10.0 Å². The molecule has 0 saturated carbocycles. The first-order valence-electron chi connectivity index (χ1n) is 6.18. The number of nitrogens with one attached hydrogen (secondary N) is 2. The molecule has 0 aliphatic rings. The predicted molar refractivity (Wildman–Crippen MR) is 79.1 cm³/mol. The van der Waals surface area contributed by atoms with Crippen molar-refractivity contribution in [3.63, 3.8) is 0 Å². The number of methoxy groups -OCH3 is 1. The number of hydrogen-bond donors (Lipinski definition) is 3. The van der Waals surface area contributed by atoms with Gasteiger partial charge in [-0.25, -0.2) is 13.1 Å². The van der Waals surface area contributed by atoms with E-state index < -0.39 is 21.5 Å². The first-order chi connectivity index (χ1) is 9.54. The third-order valence-electron chi connectivity index (χ3n) is 2.59. The fourth-order valence-corrected chi connectivity index (χ4v) is 2.85. The fraction of sp³-hybridized carbons (Fsp3) is 0.462. The van der Waals surface area contributed by atoms with Crippen molar-refractivity contribution < 1.29 is 23.1 Å². The number of phenols is 1. The van der Waals surface area contributed by atoms with Gasteiger partial charge in [0.05, 0.1) is 13.4 Å². The minimum Gasteiger partial charge on any atom is -0.504 e. The first kappa shape index (κ1) is 17.3. The van der Waals surface area contributed by atoms with E-state index in [1.807, 2.05) is 0 Å². The minimum absolute atomic E-state index is 0.103. The number of rotatable bonds is 6. The molecule has 1 aromatic carbocycles. The van der Waals surface area contributed by atoms with Crippen LogP contribution >= 0.6 is 0 Å². The van der Waals surface area contributed by atoms with Crippen molar-refractivity contribution >= 4 is 15.9 Å². The van der Waals surface area contributed by atoms with Crippen molar-refractivity contribution in [2.75, 3.05) is 19.9 Å². The van der Waals surface area contributed by atoms with Gasteiger partial charge >= 0.3 is 0 Å². The molecular formula is C13H20N2O5S. The van der Waals surface area contributed by atoms with Gasteiger partial charge < -0.3 is 15.2 Å². The van der Waals surface area contributed by atoms with Gasteiger partial charge in [-0.1, -0.05) is 0 Å². The Morgan fingerprint density at radius 3 is 2.48 bits per heavy atom. The number of hydrogen-bond acceptors (Lipinski definition) is 5. The number of amides is 1. The third kappa shape index (κ3) is 5.60. The lowest BCUT2D eigenvalue weighted by molar-refractivity contribution is 0.0944. The molecule has 3 N–H and O–H groups in total. The van der Waals surface area contributed by atoms with Crippen molar-refractivity contribution in [3.05, 3.63) is 23.8 Å². The molecule has 0 aromatic heterocycles. The maximum atomic E-state index is 12.0. The lowest BCUT2D eigenvalue weighted by Gasteiger charge is -2.25. The number of sulfonamides is 1. The Kier molecular flexibility index (Phi) is 5.19. The van der Waals surface area contributed by atoms with Crippen LogP contribution in [-0.4, -0.2) is 44.9 Å². The van der Waals surface area contributed by atoms with E-state index in [0.717, 1.165) is 6.26 Å². The highest BCUT2D eigenvalue weighted by molar-refractivity contribution is 7.88. The lowest BCUT2D eigenvalue weighted by atomic mass is 10.1. The van der Waals surface area contributed by atoms with Gasteiger partial charge in [0.15, 0.2) is 11.5 Å². The molecule has 0 aliphatic carbocycles. The summed E-state index contributed by atoms with van der Waals surface area (Å²) in [4.78, 5) is 12.0. The van der Waals surface area contributed by atoms with Crippen LogP contribution in [0.25, 0.3) is 0 Å². The highest BCUT2D eigenvalue weighted by atomic mass is 32.2. The second-order valence-electron chi connectivity index (χ2n) is 5.33.